The average Bonchev–Trinajstić information content (AvgIpc) is 2.43. The minimum atomic E-state index is -0.631. The van der Waals surface area contributed by atoms with Crippen LogP contribution in [0.5, 0.6) is 0 Å². The summed E-state index contributed by atoms with van der Waals surface area (Å²) in [5.41, 5.74) is 0. The summed E-state index contributed by atoms with van der Waals surface area (Å²) < 4.78 is 0. The molecule has 0 fully saturated rings. The fraction of sp³-hybridized carbons (Fsp3) is 0.941. The second kappa shape index (κ2) is 14.8. The summed E-state index contributed by atoms with van der Waals surface area (Å²) in [5, 5.41) is 17.6. The molecule has 0 amide bonds. The number of carbonyl (C=O) groups is 1. The van der Waals surface area contributed by atoms with Crippen molar-refractivity contribution in [1.82, 2.24) is 0 Å². The number of carboxylic acids is 1. The third-order valence-corrected chi connectivity index (χ3v) is 4.05. The highest BCUT2D eigenvalue weighted by atomic mass is 16.4. The Labute approximate surface area is 124 Å². The Balaban J connectivity index is 3.15. The first-order valence-corrected chi connectivity index (χ1v) is 8.56. The molecule has 0 aromatic carbocycles. The van der Waals surface area contributed by atoms with Gasteiger partial charge in [0.2, 0.25) is 0 Å². The van der Waals surface area contributed by atoms with E-state index in [2.05, 4.69) is 0 Å². The molecule has 1 unspecified atom stereocenters. The monoisotopic (exact) mass is 286 g/mol. The third kappa shape index (κ3) is 12.5. The number of aliphatic hydroxyl groups excluding tert-OH is 1. The molecule has 0 rings (SSSR count). The number of aliphatic carboxylic acids is 1. The summed E-state index contributed by atoms with van der Waals surface area (Å²) in [6.45, 7) is 2.29. The van der Waals surface area contributed by atoms with Crippen molar-refractivity contribution >= 4 is 5.97 Å². The first-order valence-electron chi connectivity index (χ1n) is 8.56. The Morgan fingerprint density at radius 1 is 0.800 bits per heavy atom. The van der Waals surface area contributed by atoms with Crippen molar-refractivity contribution in [2.45, 2.75) is 90.4 Å². The van der Waals surface area contributed by atoms with Gasteiger partial charge in [-0.25, -0.2) is 0 Å². The molecule has 0 aliphatic rings. The zero-order valence-electron chi connectivity index (χ0n) is 13.3. The summed E-state index contributed by atoms with van der Waals surface area (Å²) in [4.78, 5) is 10.8. The maximum Gasteiger partial charge on any atom is 0.306 e. The van der Waals surface area contributed by atoms with E-state index in [1.54, 1.807) is 0 Å². The highest BCUT2D eigenvalue weighted by Crippen LogP contribution is 2.16. The van der Waals surface area contributed by atoms with E-state index in [4.69, 9.17) is 10.2 Å². The molecule has 0 aliphatic carbocycles. The number of unbranched alkanes of at least 4 members (excludes halogenated alkanes) is 10. The normalized spacial score (nSPS) is 12.5. The van der Waals surface area contributed by atoms with Crippen molar-refractivity contribution in [2.75, 3.05) is 6.61 Å². The van der Waals surface area contributed by atoms with Crippen LogP contribution in [0.25, 0.3) is 0 Å². The average molecular weight is 286 g/mol. The largest absolute Gasteiger partial charge is 0.481 e. The number of hydrogen-bond donors (Lipinski definition) is 2. The van der Waals surface area contributed by atoms with Crippen molar-refractivity contribution in [3.8, 4) is 0 Å². The Bertz CT molecular complexity index is 216. The molecule has 3 heteroatoms. The first kappa shape index (κ1) is 19.4. The molecule has 20 heavy (non-hydrogen) atoms. The highest BCUT2D eigenvalue weighted by Gasteiger charge is 2.13. The summed E-state index contributed by atoms with van der Waals surface area (Å²) in [5.74, 6) is -0.761. The zero-order valence-corrected chi connectivity index (χ0v) is 13.3. The van der Waals surface area contributed by atoms with Gasteiger partial charge >= 0.3 is 5.97 Å². The van der Waals surface area contributed by atoms with Crippen LogP contribution in [0.4, 0.5) is 0 Å². The maximum atomic E-state index is 10.8. The van der Waals surface area contributed by atoms with Gasteiger partial charge in [0, 0.05) is 6.61 Å². The molecule has 2 N–H and O–H groups in total. The molecule has 0 saturated heterocycles. The number of rotatable bonds is 15. The fourth-order valence-corrected chi connectivity index (χ4v) is 2.60. The van der Waals surface area contributed by atoms with Gasteiger partial charge in [-0.15, -0.1) is 0 Å². The van der Waals surface area contributed by atoms with E-state index >= 15 is 0 Å². The van der Waals surface area contributed by atoms with Crippen LogP contribution in [0.3, 0.4) is 0 Å². The van der Waals surface area contributed by atoms with Crippen molar-refractivity contribution in [2.24, 2.45) is 5.92 Å². The van der Waals surface area contributed by atoms with Crippen LogP contribution < -0.4 is 0 Å². The zero-order chi connectivity index (χ0) is 15.1. The minimum Gasteiger partial charge on any atom is -0.481 e. The molecule has 0 heterocycles. The van der Waals surface area contributed by atoms with Gasteiger partial charge in [0.1, 0.15) is 0 Å². The predicted octanol–water partition coefficient (Wildman–Crippen LogP) is 4.77. The van der Waals surface area contributed by atoms with Crippen LogP contribution in [0.1, 0.15) is 90.4 Å². The van der Waals surface area contributed by atoms with E-state index in [-0.39, 0.29) is 5.92 Å². The molecule has 0 aliphatic heterocycles. The summed E-state index contributed by atoms with van der Waals surface area (Å²) in [6.07, 6.45) is 15.0. The fourth-order valence-electron chi connectivity index (χ4n) is 2.60. The number of carboxylic acid groups (broad SMARTS) is 1. The Kier molecular flexibility index (Phi) is 14.4. The Morgan fingerprint density at radius 3 is 1.55 bits per heavy atom. The van der Waals surface area contributed by atoms with Gasteiger partial charge in [0.05, 0.1) is 5.92 Å². The van der Waals surface area contributed by atoms with E-state index in [0.717, 1.165) is 25.7 Å². The van der Waals surface area contributed by atoms with E-state index in [1.165, 1.54) is 57.8 Å². The van der Waals surface area contributed by atoms with Crippen LogP contribution in [0.15, 0.2) is 0 Å². The van der Waals surface area contributed by atoms with Gasteiger partial charge in [-0.05, 0) is 19.3 Å². The van der Waals surface area contributed by atoms with Gasteiger partial charge in [0.15, 0.2) is 0 Å². The lowest BCUT2D eigenvalue weighted by atomic mass is 9.98. The first-order chi connectivity index (χ1) is 9.72. The molecular weight excluding hydrogens is 252 g/mol. The topological polar surface area (TPSA) is 57.5 Å². The van der Waals surface area contributed by atoms with Crippen LogP contribution >= 0.6 is 0 Å². The lowest BCUT2D eigenvalue weighted by Gasteiger charge is -2.08. The quantitative estimate of drug-likeness (QED) is 0.426. The van der Waals surface area contributed by atoms with E-state index in [0.29, 0.717) is 6.61 Å². The molecule has 3 nitrogen and oxygen atoms in total. The summed E-state index contributed by atoms with van der Waals surface area (Å²) in [7, 11) is 0. The molecule has 0 aromatic heterocycles. The molecule has 0 aromatic rings. The van der Waals surface area contributed by atoms with Crippen LogP contribution in [-0.2, 0) is 4.79 Å². The van der Waals surface area contributed by atoms with E-state index in [9.17, 15) is 4.79 Å². The lowest BCUT2D eigenvalue weighted by Crippen LogP contribution is -2.12. The summed E-state index contributed by atoms with van der Waals surface area (Å²) >= 11 is 0. The van der Waals surface area contributed by atoms with E-state index < -0.39 is 5.97 Å². The lowest BCUT2D eigenvalue weighted by molar-refractivity contribution is -0.142. The van der Waals surface area contributed by atoms with Gasteiger partial charge in [-0.3, -0.25) is 4.79 Å². The smallest absolute Gasteiger partial charge is 0.306 e. The highest BCUT2D eigenvalue weighted by molar-refractivity contribution is 5.69. The van der Waals surface area contributed by atoms with Gasteiger partial charge in [-0.2, -0.15) is 0 Å². The SMILES string of the molecule is CCC(CCCCCCCCCCCCCO)C(=O)O. The minimum absolute atomic E-state index is 0.131. The molecular formula is C17H34O3. The molecule has 0 spiro atoms. The third-order valence-electron chi connectivity index (χ3n) is 4.05. The molecule has 1 atom stereocenters. The number of hydrogen-bond acceptors (Lipinski definition) is 2. The Morgan fingerprint density at radius 2 is 1.20 bits per heavy atom. The van der Waals surface area contributed by atoms with Crippen molar-refractivity contribution in [3.05, 3.63) is 0 Å². The Hall–Kier alpha value is -0.570. The second-order valence-electron chi connectivity index (χ2n) is 5.84. The van der Waals surface area contributed by atoms with Crippen LogP contribution in [0.2, 0.25) is 0 Å². The van der Waals surface area contributed by atoms with Crippen molar-refractivity contribution < 1.29 is 15.0 Å². The van der Waals surface area contributed by atoms with Gasteiger partial charge in [0.25, 0.3) is 0 Å². The van der Waals surface area contributed by atoms with Crippen LogP contribution in [-0.4, -0.2) is 22.8 Å². The second-order valence-corrected chi connectivity index (χ2v) is 5.84. The van der Waals surface area contributed by atoms with Crippen molar-refractivity contribution in [3.63, 3.8) is 0 Å². The molecule has 120 valence electrons. The van der Waals surface area contributed by atoms with E-state index in [1.807, 2.05) is 6.92 Å². The predicted molar refractivity (Wildman–Crippen MR) is 83.9 cm³/mol. The van der Waals surface area contributed by atoms with Crippen LogP contribution in [0, 0.1) is 5.92 Å². The standard InChI is InChI=1S/C17H34O3/c1-2-16(17(19)20)14-12-10-8-6-4-3-5-7-9-11-13-15-18/h16,18H,2-15H2,1H3,(H,19,20). The molecule has 0 saturated carbocycles. The maximum absolute atomic E-state index is 10.8. The van der Waals surface area contributed by atoms with Crippen molar-refractivity contribution in [1.29, 1.82) is 0 Å². The summed E-state index contributed by atoms with van der Waals surface area (Å²) in [6, 6.07) is 0. The molecule has 0 radical (unpaired) electrons. The van der Waals surface area contributed by atoms with Gasteiger partial charge in [-0.1, -0.05) is 71.1 Å². The van der Waals surface area contributed by atoms with Gasteiger partial charge < -0.3 is 10.2 Å². The molecule has 0 bridgehead atoms. The number of aliphatic hydroxyl groups is 1.